The van der Waals surface area contributed by atoms with E-state index in [1.807, 2.05) is 0 Å². The zero-order valence-corrected chi connectivity index (χ0v) is 34.4. The molecule has 2 unspecified atom stereocenters. The van der Waals surface area contributed by atoms with E-state index >= 15 is 0 Å². The third kappa shape index (κ3) is 6.24. The zero-order valence-electron chi connectivity index (χ0n) is 34.4. The van der Waals surface area contributed by atoms with Gasteiger partial charge in [0.1, 0.15) is 11.6 Å². The number of aromatic nitrogens is 4. The molecule has 0 spiro atoms. The molecule has 0 radical (unpaired) electrons. The van der Waals surface area contributed by atoms with Gasteiger partial charge in [0.2, 0.25) is 0 Å². The molecule has 2 aromatic heterocycles. The number of nitrogens with zero attached hydrogens (tertiary/aromatic N) is 4. The van der Waals surface area contributed by atoms with Crippen LogP contribution in [-0.2, 0) is 21.7 Å². The smallest absolute Gasteiger partial charge is 0.134 e. The van der Waals surface area contributed by atoms with Crippen LogP contribution in [0.25, 0.3) is 34.0 Å². The molecule has 0 aliphatic heterocycles. The van der Waals surface area contributed by atoms with E-state index in [-0.39, 0.29) is 44.3 Å². The highest BCUT2D eigenvalue weighted by Gasteiger charge is 2.46. The Labute approximate surface area is 302 Å². The van der Waals surface area contributed by atoms with E-state index in [0.717, 1.165) is 34.1 Å². The molecule has 2 heterocycles. The van der Waals surface area contributed by atoms with E-state index in [9.17, 15) is 0 Å². The molecule has 4 aromatic rings. The molecule has 0 saturated carbocycles. The highest BCUT2D eigenvalue weighted by molar-refractivity contribution is 5.97. The van der Waals surface area contributed by atoms with Crippen LogP contribution < -0.4 is 0 Å². The summed E-state index contributed by atoms with van der Waals surface area (Å²) in [6, 6.07) is 9.47. The monoisotopic (exact) mass is 670 g/mol. The van der Waals surface area contributed by atoms with E-state index in [0.29, 0.717) is 0 Å². The van der Waals surface area contributed by atoms with Gasteiger partial charge in [-0.1, -0.05) is 160 Å². The SMILES string of the molecule is CC(C)(C)C1=Cc2cc(C(C)(C)C)cc3nc(C(C)(C)C)nc(c23)C1C1C(C(C)(C)C)=Cc2cc(C(C)(C)C)cc3nc(C(C)(C)C)nc1c23. The van der Waals surface area contributed by atoms with Crippen molar-refractivity contribution in [3.8, 4) is 0 Å². The van der Waals surface area contributed by atoms with Gasteiger partial charge < -0.3 is 0 Å². The molecule has 0 amide bonds. The quantitative estimate of drug-likeness (QED) is 0.202. The highest BCUT2D eigenvalue weighted by atomic mass is 14.9. The summed E-state index contributed by atoms with van der Waals surface area (Å²) in [7, 11) is 0. The maximum atomic E-state index is 5.65. The molecule has 6 rings (SSSR count). The second kappa shape index (κ2) is 11.1. The lowest BCUT2D eigenvalue weighted by atomic mass is 9.60. The van der Waals surface area contributed by atoms with Gasteiger partial charge in [0.05, 0.1) is 22.4 Å². The van der Waals surface area contributed by atoms with Crippen molar-refractivity contribution >= 4 is 34.0 Å². The maximum absolute atomic E-state index is 5.65. The Balaban J connectivity index is 1.81. The Morgan fingerprint density at radius 2 is 0.700 bits per heavy atom. The second-order valence-electron chi connectivity index (χ2n) is 21.4. The summed E-state index contributed by atoms with van der Waals surface area (Å²) < 4.78 is 0. The van der Waals surface area contributed by atoms with Crippen molar-refractivity contribution < 1.29 is 0 Å². The summed E-state index contributed by atoms with van der Waals surface area (Å²) in [5.74, 6) is 1.74. The summed E-state index contributed by atoms with van der Waals surface area (Å²) in [5, 5.41) is 2.37. The van der Waals surface area contributed by atoms with Crippen LogP contribution >= 0.6 is 0 Å². The predicted molar refractivity (Wildman–Crippen MR) is 214 cm³/mol. The number of allylic oxidation sites excluding steroid dienone is 2. The van der Waals surface area contributed by atoms with Crippen LogP contribution in [0.15, 0.2) is 35.4 Å². The molecular formula is C46H62N4. The van der Waals surface area contributed by atoms with Crippen LogP contribution in [0.3, 0.4) is 0 Å². The van der Waals surface area contributed by atoms with Crippen molar-refractivity contribution in [3.63, 3.8) is 0 Å². The van der Waals surface area contributed by atoms with E-state index in [4.69, 9.17) is 19.9 Å². The third-order valence-corrected chi connectivity index (χ3v) is 10.7. The molecule has 0 N–H and O–H groups in total. The number of hydrogen-bond acceptors (Lipinski definition) is 4. The minimum absolute atomic E-state index is 0.0126. The van der Waals surface area contributed by atoms with Crippen molar-refractivity contribution in [2.75, 3.05) is 0 Å². The van der Waals surface area contributed by atoms with Gasteiger partial charge in [-0.3, -0.25) is 0 Å². The van der Waals surface area contributed by atoms with Crippen molar-refractivity contribution in [2.45, 2.75) is 158 Å². The van der Waals surface area contributed by atoms with Crippen LogP contribution in [0.5, 0.6) is 0 Å². The van der Waals surface area contributed by atoms with Gasteiger partial charge in [-0.15, -0.1) is 0 Å². The number of hydrogen-bond donors (Lipinski definition) is 0. The standard InChI is InChI=1S/C46H62N4/c1-41(2,3)27-19-25-21-29(43(7,8)9)35(37-33(25)31(23-27)47-39(49-37)45(13,14)15)36-30(44(10,11)12)22-26-20-28(42(4,5)6)24-32-34(26)38(36)50-40(48-32)46(16,17)18/h19-24,35-36H,1-18H3. The summed E-state index contributed by atoms with van der Waals surface area (Å²) in [4.78, 5) is 22.0. The fraction of sp³-hybridized carbons (Fsp3) is 0.565. The van der Waals surface area contributed by atoms with E-state index < -0.39 is 0 Å². The molecule has 0 bridgehead atoms. The first-order valence-corrected chi connectivity index (χ1v) is 18.7. The molecule has 0 saturated heterocycles. The molecule has 2 aliphatic rings. The molecule has 2 aromatic carbocycles. The van der Waals surface area contributed by atoms with Crippen molar-refractivity contribution in [3.05, 3.63) is 80.7 Å². The summed E-state index contributed by atoms with van der Waals surface area (Å²) >= 11 is 0. The largest absolute Gasteiger partial charge is 0.236 e. The van der Waals surface area contributed by atoms with Crippen LogP contribution in [0.1, 0.15) is 182 Å². The zero-order chi connectivity index (χ0) is 37.3. The molecule has 4 heteroatoms. The second-order valence-corrected chi connectivity index (χ2v) is 21.4. The fourth-order valence-electron chi connectivity index (χ4n) is 7.71. The fourth-order valence-corrected chi connectivity index (χ4v) is 7.71. The van der Waals surface area contributed by atoms with Crippen LogP contribution in [-0.4, -0.2) is 19.9 Å². The Hall–Kier alpha value is -3.40. The Bertz CT molecular complexity index is 1940. The van der Waals surface area contributed by atoms with Crippen LogP contribution in [0.4, 0.5) is 0 Å². The molecule has 50 heavy (non-hydrogen) atoms. The van der Waals surface area contributed by atoms with Crippen molar-refractivity contribution in [2.24, 2.45) is 10.8 Å². The normalized spacial score (nSPS) is 18.8. The lowest BCUT2D eigenvalue weighted by molar-refractivity contribution is 0.401. The lowest BCUT2D eigenvalue weighted by Crippen LogP contribution is -2.33. The van der Waals surface area contributed by atoms with Gasteiger partial charge in [0.25, 0.3) is 0 Å². The van der Waals surface area contributed by atoms with Gasteiger partial charge in [-0.05, 0) is 56.0 Å². The third-order valence-electron chi connectivity index (χ3n) is 10.7. The summed E-state index contributed by atoms with van der Waals surface area (Å²) in [6.45, 7) is 41.4. The molecule has 4 nitrogen and oxygen atoms in total. The molecule has 2 aliphatic carbocycles. The van der Waals surface area contributed by atoms with Crippen molar-refractivity contribution in [1.82, 2.24) is 19.9 Å². The van der Waals surface area contributed by atoms with Crippen LogP contribution in [0.2, 0.25) is 0 Å². The van der Waals surface area contributed by atoms with Crippen molar-refractivity contribution in [1.29, 1.82) is 0 Å². The molecule has 2 atom stereocenters. The van der Waals surface area contributed by atoms with Gasteiger partial charge in [-0.25, -0.2) is 19.9 Å². The minimum Gasteiger partial charge on any atom is -0.236 e. The summed E-state index contributed by atoms with van der Waals surface area (Å²) in [5.41, 5.74) is 11.5. The molecule has 0 fully saturated rings. The number of rotatable bonds is 1. The van der Waals surface area contributed by atoms with E-state index in [2.05, 4.69) is 161 Å². The minimum atomic E-state index is -0.219. The van der Waals surface area contributed by atoms with Gasteiger partial charge in [0, 0.05) is 33.4 Å². The Morgan fingerprint density at radius 1 is 0.380 bits per heavy atom. The van der Waals surface area contributed by atoms with Crippen LogP contribution in [0, 0.1) is 10.8 Å². The molecular weight excluding hydrogens is 609 g/mol. The lowest BCUT2D eigenvalue weighted by Gasteiger charge is -2.44. The van der Waals surface area contributed by atoms with E-state index in [1.54, 1.807) is 0 Å². The topological polar surface area (TPSA) is 51.6 Å². The predicted octanol–water partition coefficient (Wildman–Crippen LogP) is 12.5. The average molecular weight is 671 g/mol. The molecule has 266 valence electrons. The maximum Gasteiger partial charge on any atom is 0.134 e. The first-order chi connectivity index (χ1) is 22.6. The first kappa shape index (κ1) is 36.4. The van der Waals surface area contributed by atoms with E-state index in [1.165, 1.54) is 44.2 Å². The van der Waals surface area contributed by atoms with Gasteiger partial charge in [0.15, 0.2) is 0 Å². The Morgan fingerprint density at radius 3 is 0.960 bits per heavy atom. The highest BCUT2D eigenvalue weighted by Crippen LogP contribution is 2.58. The van der Waals surface area contributed by atoms with Gasteiger partial charge >= 0.3 is 0 Å². The average Bonchev–Trinajstić information content (AvgIpc) is 2.93. The summed E-state index contributed by atoms with van der Waals surface area (Å²) in [6.07, 6.45) is 4.99. The van der Waals surface area contributed by atoms with Gasteiger partial charge in [-0.2, -0.15) is 0 Å². The Kier molecular flexibility index (Phi) is 8.04. The number of benzene rings is 2. The first-order valence-electron chi connectivity index (χ1n) is 18.7.